The van der Waals surface area contributed by atoms with Gasteiger partial charge in [-0.15, -0.1) is 0 Å². The Morgan fingerprint density at radius 1 is 1.29 bits per heavy atom. The molecule has 5 nitrogen and oxygen atoms in total. The molecule has 0 radical (unpaired) electrons. The van der Waals surface area contributed by atoms with Crippen molar-refractivity contribution in [1.29, 1.82) is 0 Å². The normalized spacial score (nSPS) is 13.7. The van der Waals surface area contributed by atoms with E-state index in [1.54, 1.807) is 19.2 Å². The molecule has 1 N–H and O–H groups in total. The Kier molecular flexibility index (Phi) is 4.92. The lowest BCUT2D eigenvalue weighted by molar-refractivity contribution is 0.177. The lowest BCUT2D eigenvalue weighted by Crippen LogP contribution is -2.30. The molecule has 1 heterocycles. The average molecular weight is 308 g/mol. The number of aliphatic hydroxyl groups is 1. The number of aliphatic hydroxyl groups excluding tert-OH is 1. The third-order valence-corrected chi connectivity index (χ3v) is 5.20. The summed E-state index contributed by atoms with van der Waals surface area (Å²) in [6.45, 7) is 1.95. The number of hydrogen-bond donors (Lipinski definition) is 1. The number of aromatic nitrogens is 1. The first-order valence-corrected chi connectivity index (χ1v) is 8.46. The molecule has 0 fully saturated rings. The van der Waals surface area contributed by atoms with Crippen molar-refractivity contribution in [3.8, 4) is 0 Å². The monoisotopic (exact) mass is 308 g/mol. The molecule has 0 saturated heterocycles. The van der Waals surface area contributed by atoms with Gasteiger partial charge in [-0.05, 0) is 25.0 Å². The van der Waals surface area contributed by atoms with Crippen molar-refractivity contribution in [2.75, 3.05) is 13.6 Å². The molecule has 1 unspecified atom stereocenters. The quantitative estimate of drug-likeness (QED) is 0.883. The molecular weight excluding hydrogens is 288 g/mol. The minimum Gasteiger partial charge on any atom is -0.393 e. The SMILES string of the molecule is CC(O)CCN(C)S(=O)(=O)Cc1cccc2cccnc12. The number of hydrogen-bond acceptors (Lipinski definition) is 4. The van der Waals surface area contributed by atoms with Gasteiger partial charge < -0.3 is 5.11 Å². The predicted octanol–water partition coefficient (Wildman–Crippen LogP) is 1.77. The second-order valence-corrected chi connectivity index (χ2v) is 7.28. The largest absolute Gasteiger partial charge is 0.393 e. The summed E-state index contributed by atoms with van der Waals surface area (Å²) in [5.74, 6) is -0.0857. The number of benzene rings is 1. The van der Waals surface area contributed by atoms with Gasteiger partial charge in [0.15, 0.2) is 0 Å². The predicted molar refractivity (Wildman–Crippen MR) is 83.3 cm³/mol. The van der Waals surface area contributed by atoms with Crippen molar-refractivity contribution in [3.63, 3.8) is 0 Å². The van der Waals surface area contributed by atoms with Crippen LogP contribution in [0.15, 0.2) is 36.5 Å². The van der Waals surface area contributed by atoms with Crippen molar-refractivity contribution in [2.24, 2.45) is 0 Å². The first-order valence-electron chi connectivity index (χ1n) is 6.85. The lowest BCUT2D eigenvalue weighted by atomic mass is 10.1. The fourth-order valence-electron chi connectivity index (χ4n) is 2.10. The van der Waals surface area contributed by atoms with Gasteiger partial charge in [0.1, 0.15) is 0 Å². The minimum absolute atomic E-state index is 0.0857. The standard InChI is InChI=1S/C15H20N2O3S/c1-12(18)8-10-17(2)21(19,20)11-14-6-3-5-13-7-4-9-16-15(13)14/h3-7,9,12,18H,8,10-11H2,1-2H3. The molecule has 21 heavy (non-hydrogen) atoms. The number of sulfonamides is 1. The smallest absolute Gasteiger partial charge is 0.218 e. The summed E-state index contributed by atoms with van der Waals surface area (Å²) in [5, 5.41) is 10.2. The van der Waals surface area contributed by atoms with Gasteiger partial charge in [-0.1, -0.05) is 24.3 Å². The summed E-state index contributed by atoms with van der Waals surface area (Å²) in [6.07, 6.45) is 1.57. The summed E-state index contributed by atoms with van der Waals surface area (Å²) < 4.78 is 26.0. The first-order chi connectivity index (χ1) is 9.90. The Balaban J connectivity index is 2.22. The Bertz CT molecular complexity index is 708. The molecule has 0 aliphatic carbocycles. The van der Waals surface area contributed by atoms with E-state index in [0.29, 0.717) is 24.0 Å². The molecule has 114 valence electrons. The highest BCUT2D eigenvalue weighted by Crippen LogP contribution is 2.19. The molecule has 0 amide bonds. The van der Waals surface area contributed by atoms with Crippen molar-refractivity contribution in [3.05, 3.63) is 42.1 Å². The summed E-state index contributed by atoms with van der Waals surface area (Å²) in [4.78, 5) is 4.28. The summed E-state index contributed by atoms with van der Waals surface area (Å²) in [5.41, 5.74) is 1.41. The number of fused-ring (bicyclic) bond motifs is 1. The van der Waals surface area contributed by atoms with Crippen LogP contribution in [0.5, 0.6) is 0 Å². The van der Waals surface area contributed by atoms with Gasteiger partial charge in [-0.2, -0.15) is 0 Å². The van der Waals surface area contributed by atoms with E-state index in [4.69, 9.17) is 0 Å². The number of rotatable bonds is 6. The highest BCUT2D eigenvalue weighted by molar-refractivity contribution is 7.88. The van der Waals surface area contributed by atoms with E-state index in [1.165, 1.54) is 11.4 Å². The Morgan fingerprint density at radius 2 is 2.00 bits per heavy atom. The van der Waals surface area contributed by atoms with E-state index < -0.39 is 16.1 Å². The fourth-order valence-corrected chi connectivity index (χ4v) is 3.33. The topological polar surface area (TPSA) is 70.5 Å². The lowest BCUT2D eigenvalue weighted by Gasteiger charge is -2.18. The van der Waals surface area contributed by atoms with E-state index >= 15 is 0 Å². The Hall–Kier alpha value is -1.50. The van der Waals surface area contributed by atoms with Gasteiger partial charge >= 0.3 is 0 Å². The third-order valence-electron chi connectivity index (χ3n) is 3.39. The van der Waals surface area contributed by atoms with E-state index in [-0.39, 0.29) is 5.75 Å². The average Bonchev–Trinajstić information content (AvgIpc) is 2.44. The minimum atomic E-state index is -3.42. The molecule has 2 rings (SSSR count). The zero-order valence-electron chi connectivity index (χ0n) is 12.2. The summed E-state index contributed by atoms with van der Waals surface area (Å²) >= 11 is 0. The second-order valence-electron chi connectivity index (χ2n) is 5.21. The van der Waals surface area contributed by atoms with Crippen LogP contribution in [0.2, 0.25) is 0 Å². The molecule has 0 bridgehead atoms. The highest BCUT2D eigenvalue weighted by atomic mass is 32.2. The maximum atomic E-state index is 12.4. The molecule has 1 atom stereocenters. The molecule has 1 aromatic heterocycles. The molecule has 2 aromatic rings. The maximum Gasteiger partial charge on any atom is 0.218 e. The van der Waals surface area contributed by atoms with Crippen LogP contribution in [-0.4, -0.2) is 42.5 Å². The first kappa shape index (κ1) is 15.9. The van der Waals surface area contributed by atoms with Gasteiger partial charge in [0.25, 0.3) is 0 Å². The molecule has 0 spiro atoms. The molecular formula is C15H20N2O3S. The summed E-state index contributed by atoms with van der Waals surface area (Å²) in [6, 6.07) is 9.28. The Morgan fingerprint density at radius 3 is 2.71 bits per heavy atom. The Labute approximate surface area is 125 Å². The van der Waals surface area contributed by atoms with Crippen molar-refractivity contribution in [1.82, 2.24) is 9.29 Å². The second kappa shape index (κ2) is 6.51. The van der Waals surface area contributed by atoms with Crippen molar-refractivity contribution < 1.29 is 13.5 Å². The molecule has 1 aromatic carbocycles. The molecule has 0 saturated carbocycles. The van der Waals surface area contributed by atoms with Crippen LogP contribution in [-0.2, 0) is 15.8 Å². The zero-order valence-corrected chi connectivity index (χ0v) is 13.0. The van der Waals surface area contributed by atoms with Crippen LogP contribution in [0.4, 0.5) is 0 Å². The van der Waals surface area contributed by atoms with E-state index in [9.17, 15) is 13.5 Å². The van der Waals surface area contributed by atoms with Crippen LogP contribution < -0.4 is 0 Å². The van der Waals surface area contributed by atoms with E-state index in [2.05, 4.69) is 4.98 Å². The number of para-hydroxylation sites is 1. The maximum absolute atomic E-state index is 12.4. The number of nitrogens with zero attached hydrogens (tertiary/aromatic N) is 2. The van der Waals surface area contributed by atoms with Gasteiger partial charge in [0.2, 0.25) is 10.0 Å². The highest BCUT2D eigenvalue weighted by Gasteiger charge is 2.20. The van der Waals surface area contributed by atoms with Crippen LogP contribution in [0, 0.1) is 0 Å². The zero-order chi connectivity index (χ0) is 15.5. The van der Waals surface area contributed by atoms with E-state index in [1.807, 2.05) is 24.3 Å². The van der Waals surface area contributed by atoms with Crippen LogP contribution in [0.1, 0.15) is 18.9 Å². The van der Waals surface area contributed by atoms with Gasteiger partial charge in [-0.25, -0.2) is 12.7 Å². The number of pyridine rings is 1. The molecule has 0 aliphatic rings. The van der Waals surface area contributed by atoms with Gasteiger partial charge in [0, 0.05) is 25.2 Å². The van der Waals surface area contributed by atoms with Crippen molar-refractivity contribution >= 4 is 20.9 Å². The summed E-state index contributed by atoms with van der Waals surface area (Å²) in [7, 11) is -1.88. The van der Waals surface area contributed by atoms with Gasteiger partial charge in [0.05, 0.1) is 17.4 Å². The molecule has 0 aliphatic heterocycles. The third kappa shape index (κ3) is 4.00. The van der Waals surface area contributed by atoms with Crippen LogP contribution in [0.25, 0.3) is 10.9 Å². The van der Waals surface area contributed by atoms with Crippen LogP contribution >= 0.6 is 0 Å². The fraction of sp³-hybridized carbons (Fsp3) is 0.400. The van der Waals surface area contributed by atoms with Crippen LogP contribution in [0.3, 0.4) is 0 Å². The van der Waals surface area contributed by atoms with Crippen molar-refractivity contribution in [2.45, 2.75) is 25.2 Å². The van der Waals surface area contributed by atoms with Gasteiger partial charge in [-0.3, -0.25) is 4.98 Å². The molecule has 6 heteroatoms. The van der Waals surface area contributed by atoms with E-state index in [0.717, 1.165) is 5.39 Å².